The number of carbonyl (C=O) groups is 4. The summed E-state index contributed by atoms with van der Waals surface area (Å²) in [6.07, 6.45) is 2.51. The monoisotopic (exact) mass is 521 g/mol. The number of rotatable bonds is 6. The molecule has 2 aliphatic heterocycles. The first-order valence-electron chi connectivity index (χ1n) is 13.1. The number of fused-ring (bicyclic) bond motifs is 1. The van der Waals surface area contributed by atoms with Crippen LogP contribution in [0.3, 0.4) is 0 Å². The quantitative estimate of drug-likeness (QED) is 0.370. The van der Waals surface area contributed by atoms with Crippen molar-refractivity contribution in [2.45, 2.75) is 62.7 Å². The maximum absolute atomic E-state index is 13.6. The molecule has 0 aromatic heterocycles. The van der Waals surface area contributed by atoms with Crippen LogP contribution in [0.5, 0.6) is 5.75 Å². The van der Waals surface area contributed by atoms with Crippen molar-refractivity contribution in [3.05, 3.63) is 65.7 Å². The van der Waals surface area contributed by atoms with Gasteiger partial charge >= 0.3 is 0 Å². The zero-order valence-electron chi connectivity index (χ0n) is 21.3. The van der Waals surface area contributed by atoms with Gasteiger partial charge in [0.25, 0.3) is 0 Å². The van der Waals surface area contributed by atoms with Crippen LogP contribution in [0.4, 0.5) is 0 Å². The Balaban J connectivity index is 1.51. The Bertz CT molecular complexity index is 1140. The standard InChI is InChI=1S/C28H35N5O5/c29-21(16-19-10-12-20(34)13-11-19)25(35)31-22-8-4-14-30-27(37)24-9-5-15-33(24)28(38)23(32-26(22)36)17-18-6-2-1-3-7-18/h1-3,6-7,10-13,21-24,34H,4-5,8-9,14-17,29H2,(H,30,37)(H,31,35)(H,32,36)/t21-,22+,23-,24+/m0/s1. The maximum atomic E-state index is 13.6. The normalized spacial score (nSPS) is 23.3. The van der Waals surface area contributed by atoms with Crippen LogP contribution in [0.15, 0.2) is 54.6 Å². The molecule has 0 bridgehead atoms. The van der Waals surface area contributed by atoms with E-state index in [1.807, 2.05) is 30.3 Å². The molecule has 2 aromatic rings. The molecule has 10 nitrogen and oxygen atoms in total. The minimum Gasteiger partial charge on any atom is -0.508 e. The SMILES string of the molecule is N[C@@H](Cc1ccc(O)cc1)C(=O)N[C@@H]1CCCNC(=O)[C@H]2CCCN2C(=O)[C@H](Cc2ccccc2)NC1=O. The summed E-state index contributed by atoms with van der Waals surface area (Å²) < 4.78 is 0. The Morgan fingerprint density at radius 1 is 1.00 bits per heavy atom. The van der Waals surface area contributed by atoms with Gasteiger partial charge in [0.15, 0.2) is 0 Å². The van der Waals surface area contributed by atoms with Gasteiger partial charge in [0, 0.05) is 19.5 Å². The van der Waals surface area contributed by atoms with E-state index in [0.29, 0.717) is 32.4 Å². The molecule has 2 aliphatic rings. The number of phenols is 1. The lowest BCUT2D eigenvalue weighted by molar-refractivity contribution is -0.142. The largest absolute Gasteiger partial charge is 0.508 e. The summed E-state index contributed by atoms with van der Waals surface area (Å²) in [5.41, 5.74) is 7.76. The summed E-state index contributed by atoms with van der Waals surface area (Å²) in [7, 11) is 0. The molecule has 0 radical (unpaired) electrons. The minimum atomic E-state index is -0.926. The Labute approximate surface area is 222 Å². The minimum absolute atomic E-state index is 0.114. The van der Waals surface area contributed by atoms with Crippen LogP contribution in [0, 0.1) is 0 Å². The van der Waals surface area contributed by atoms with Gasteiger partial charge < -0.3 is 31.7 Å². The van der Waals surface area contributed by atoms with Crippen LogP contribution in [0.1, 0.15) is 36.8 Å². The Hall–Kier alpha value is -3.92. The number of hydrogen-bond donors (Lipinski definition) is 5. The third-order valence-electron chi connectivity index (χ3n) is 7.07. The van der Waals surface area contributed by atoms with Crippen molar-refractivity contribution in [3.8, 4) is 5.75 Å². The molecular formula is C28H35N5O5. The molecule has 10 heteroatoms. The second-order valence-corrected chi connectivity index (χ2v) is 9.91. The van der Waals surface area contributed by atoms with Gasteiger partial charge in [0.05, 0.1) is 6.04 Å². The number of carbonyl (C=O) groups excluding carboxylic acids is 4. The number of nitrogens with zero attached hydrogens (tertiary/aromatic N) is 1. The number of benzene rings is 2. The van der Waals surface area contributed by atoms with E-state index < -0.39 is 36.0 Å². The molecule has 4 rings (SSSR count). The molecule has 38 heavy (non-hydrogen) atoms. The molecular weight excluding hydrogens is 486 g/mol. The van der Waals surface area contributed by atoms with Gasteiger partial charge in [-0.3, -0.25) is 19.2 Å². The Morgan fingerprint density at radius 3 is 2.47 bits per heavy atom. The molecule has 0 saturated carbocycles. The number of phenolic OH excluding ortho intramolecular Hbond substituents is 1. The van der Waals surface area contributed by atoms with E-state index in [-0.39, 0.29) is 36.8 Å². The summed E-state index contributed by atoms with van der Waals surface area (Å²) >= 11 is 0. The molecule has 0 spiro atoms. The molecule has 2 fully saturated rings. The van der Waals surface area contributed by atoms with Gasteiger partial charge in [0.1, 0.15) is 23.9 Å². The lowest BCUT2D eigenvalue weighted by Gasteiger charge is -2.31. The summed E-state index contributed by atoms with van der Waals surface area (Å²) in [5, 5.41) is 18.0. The average Bonchev–Trinajstić information content (AvgIpc) is 3.41. The summed E-state index contributed by atoms with van der Waals surface area (Å²) in [6.45, 7) is 0.772. The van der Waals surface area contributed by atoms with E-state index in [4.69, 9.17) is 5.73 Å². The van der Waals surface area contributed by atoms with Crippen LogP contribution in [0.25, 0.3) is 0 Å². The molecule has 6 N–H and O–H groups in total. The topological polar surface area (TPSA) is 154 Å². The molecule has 4 atom stereocenters. The third-order valence-corrected chi connectivity index (χ3v) is 7.07. The number of aromatic hydroxyl groups is 1. The van der Waals surface area contributed by atoms with Crippen molar-refractivity contribution in [2.75, 3.05) is 13.1 Å². The number of hydrogen-bond acceptors (Lipinski definition) is 6. The van der Waals surface area contributed by atoms with E-state index in [0.717, 1.165) is 11.1 Å². The van der Waals surface area contributed by atoms with Crippen molar-refractivity contribution in [1.29, 1.82) is 0 Å². The first kappa shape index (κ1) is 27.1. The van der Waals surface area contributed by atoms with Crippen molar-refractivity contribution < 1.29 is 24.3 Å². The van der Waals surface area contributed by atoms with Gasteiger partial charge in [0.2, 0.25) is 23.6 Å². The van der Waals surface area contributed by atoms with Gasteiger partial charge in [-0.25, -0.2) is 0 Å². The zero-order valence-corrected chi connectivity index (χ0v) is 21.3. The van der Waals surface area contributed by atoms with E-state index in [9.17, 15) is 24.3 Å². The van der Waals surface area contributed by atoms with Crippen LogP contribution in [-0.2, 0) is 32.0 Å². The highest BCUT2D eigenvalue weighted by atomic mass is 16.3. The second-order valence-electron chi connectivity index (χ2n) is 9.91. The highest BCUT2D eigenvalue weighted by molar-refractivity contribution is 5.95. The van der Waals surface area contributed by atoms with Crippen molar-refractivity contribution >= 4 is 23.6 Å². The fraction of sp³-hybridized carbons (Fsp3) is 0.429. The first-order valence-corrected chi connectivity index (χ1v) is 13.1. The molecule has 0 aliphatic carbocycles. The first-order chi connectivity index (χ1) is 18.3. The van der Waals surface area contributed by atoms with Crippen LogP contribution in [0.2, 0.25) is 0 Å². The zero-order chi connectivity index (χ0) is 27.1. The van der Waals surface area contributed by atoms with E-state index >= 15 is 0 Å². The number of nitrogens with one attached hydrogen (secondary N) is 3. The highest BCUT2D eigenvalue weighted by Crippen LogP contribution is 2.20. The molecule has 2 saturated heterocycles. The maximum Gasteiger partial charge on any atom is 0.246 e. The van der Waals surface area contributed by atoms with Crippen molar-refractivity contribution in [2.24, 2.45) is 5.73 Å². The van der Waals surface area contributed by atoms with Crippen LogP contribution < -0.4 is 21.7 Å². The smallest absolute Gasteiger partial charge is 0.246 e. The lowest BCUT2D eigenvalue weighted by atomic mass is 10.0. The Kier molecular flexibility index (Phi) is 8.96. The van der Waals surface area contributed by atoms with E-state index in [1.54, 1.807) is 17.0 Å². The van der Waals surface area contributed by atoms with E-state index in [1.165, 1.54) is 12.1 Å². The molecule has 202 valence electrons. The van der Waals surface area contributed by atoms with Crippen molar-refractivity contribution in [1.82, 2.24) is 20.9 Å². The predicted molar refractivity (Wildman–Crippen MR) is 141 cm³/mol. The van der Waals surface area contributed by atoms with Crippen LogP contribution >= 0.6 is 0 Å². The number of nitrogens with two attached hydrogens (primary N) is 1. The Morgan fingerprint density at radius 2 is 1.74 bits per heavy atom. The van der Waals surface area contributed by atoms with Gasteiger partial charge in [-0.1, -0.05) is 42.5 Å². The van der Waals surface area contributed by atoms with E-state index in [2.05, 4.69) is 16.0 Å². The summed E-state index contributed by atoms with van der Waals surface area (Å²) in [4.78, 5) is 54.4. The van der Waals surface area contributed by atoms with Crippen molar-refractivity contribution in [3.63, 3.8) is 0 Å². The van der Waals surface area contributed by atoms with Gasteiger partial charge in [-0.05, 0) is 55.4 Å². The predicted octanol–water partition coefficient (Wildman–Crippen LogP) is 0.375. The second kappa shape index (κ2) is 12.6. The molecule has 0 unspecified atom stereocenters. The molecule has 2 aromatic carbocycles. The number of amides is 4. The summed E-state index contributed by atoms with van der Waals surface area (Å²) in [5.74, 6) is -1.36. The fourth-order valence-electron chi connectivity index (χ4n) is 4.99. The lowest BCUT2D eigenvalue weighted by Crippen LogP contribution is -2.59. The molecule has 2 heterocycles. The van der Waals surface area contributed by atoms with Gasteiger partial charge in [-0.2, -0.15) is 0 Å². The summed E-state index contributed by atoms with van der Waals surface area (Å²) in [6, 6.07) is 12.5. The molecule has 4 amide bonds. The van der Waals surface area contributed by atoms with Crippen LogP contribution in [-0.4, -0.2) is 70.9 Å². The third kappa shape index (κ3) is 6.89. The highest BCUT2D eigenvalue weighted by Gasteiger charge is 2.38. The van der Waals surface area contributed by atoms with Gasteiger partial charge in [-0.15, -0.1) is 0 Å². The fourth-order valence-corrected chi connectivity index (χ4v) is 4.99. The average molecular weight is 522 g/mol.